The van der Waals surface area contributed by atoms with Gasteiger partial charge in [0.15, 0.2) is 0 Å². The van der Waals surface area contributed by atoms with Crippen LogP contribution in [0.4, 0.5) is 0 Å². The summed E-state index contributed by atoms with van der Waals surface area (Å²) in [5, 5.41) is 47.9. The van der Waals surface area contributed by atoms with E-state index in [4.69, 9.17) is 0 Å². The maximum Gasteiger partial charge on any atom is 0.317 e. The first-order chi connectivity index (χ1) is 16.6. The van der Waals surface area contributed by atoms with Crippen LogP contribution in [0.2, 0.25) is 0 Å². The Hall–Kier alpha value is -3.67. The van der Waals surface area contributed by atoms with Gasteiger partial charge in [0.05, 0.1) is 19.6 Å². The minimum absolute atomic E-state index is 0.0405. The van der Waals surface area contributed by atoms with E-state index in [-0.39, 0.29) is 70.4 Å². The summed E-state index contributed by atoms with van der Waals surface area (Å²) < 4.78 is 0. The van der Waals surface area contributed by atoms with Gasteiger partial charge in [0.25, 0.3) is 0 Å². The van der Waals surface area contributed by atoms with E-state index in [9.17, 15) is 39.9 Å². The highest BCUT2D eigenvalue weighted by Crippen LogP contribution is 2.19. The predicted molar refractivity (Wildman–Crippen MR) is 126 cm³/mol. The number of carboxylic acid groups (broad SMARTS) is 3. The van der Waals surface area contributed by atoms with E-state index in [1.54, 1.807) is 51.1 Å². The zero-order valence-corrected chi connectivity index (χ0v) is 19.3. The van der Waals surface area contributed by atoms with Crippen LogP contribution in [0, 0.1) is 0 Å². The molecule has 190 valence electrons. The standard InChI is InChI=1S/C24H31N3O8/c28-20-7-3-1-5-18(20)13-26(16-23(32)33)11-9-25(15-22(30)31)10-12-27(17-24(34)35)14-19-6-2-4-8-21(19)29/h1-8,28-29H,9-17H2,(H,30,31)(H,32,33)(H,34,35). The number of aromatic hydroxyl groups is 2. The van der Waals surface area contributed by atoms with Crippen LogP contribution in [0.3, 0.4) is 0 Å². The van der Waals surface area contributed by atoms with Gasteiger partial charge in [-0.1, -0.05) is 36.4 Å². The lowest BCUT2D eigenvalue weighted by Gasteiger charge is -2.28. The fourth-order valence-electron chi connectivity index (χ4n) is 3.61. The van der Waals surface area contributed by atoms with Gasteiger partial charge in [0.2, 0.25) is 0 Å². The summed E-state index contributed by atoms with van der Waals surface area (Å²) in [6.45, 7) is 0.279. The molecule has 0 aliphatic rings. The van der Waals surface area contributed by atoms with Crippen molar-refractivity contribution < 1.29 is 39.9 Å². The van der Waals surface area contributed by atoms with Crippen molar-refractivity contribution in [3.63, 3.8) is 0 Å². The van der Waals surface area contributed by atoms with Gasteiger partial charge in [0.1, 0.15) is 11.5 Å². The van der Waals surface area contributed by atoms with Crippen molar-refractivity contribution in [3.05, 3.63) is 59.7 Å². The third-order valence-corrected chi connectivity index (χ3v) is 5.31. The highest BCUT2D eigenvalue weighted by molar-refractivity contribution is 5.70. The average molecular weight is 490 g/mol. The molecule has 0 aliphatic heterocycles. The van der Waals surface area contributed by atoms with E-state index in [1.807, 2.05) is 0 Å². The molecule has 0 saturated carbocycles. The van der Waals surface area contributed by atoms with E-state index in [0.29, 0.717) is 11.1 Å². The third-order valence-electron chi connectivity index (χ3n) is 5.31. The Kier molecular flexibility index (Phi) is 10.9. The maximum absolute atomic E-state index is 11.4. The number of phenols is 2. The van der Waals surface area contributed by atoms with E-state index in [1.165, 1.54) is 12.1 Å². The molecule has 0 saturated heterocycles. The lowest BCUT2D eigenvalue weighted by atomic mass is 10.2. The molecule has 2 rings (SSSR count). The van der Waals surface area contributed by atoms with E-state index in [2.05, 4.69) is 0 Å². The van der Waals surface area contributed by atoms with Crippen LogP contribution >= 0.6 is 0 Å². The first kappa shape index (κ1) is 27.6. The Morgan fingerprint density at radius 3 is 1.20 bits per heavy atom. The van der Waals surface area contributed by atoms with Crippen LogP contribution in [0.15, 0.2) is 48.5 Å². The highest BCUT2D eigenvalue weighted by Gasteiger charge is 2.18. The number of nitrogens with zero attached hydrogens (tertiary/aromatic N) is 3. The molecule has 0 radical (unpaired) electrons. The van der Waals surface area contributed by atoms with Crippen molar-refractivity contribution in [2.75, 3.05) is 45.8 Å². The lowest BCUT2D eigenvalue weighted by molar-refractivity contribution is -0.140. The molecule has 2 aromatic carbocycles. The minimum Gasteiger partial charge on any atom is -0.508 e. The predicted octanol–water partition coefficient (Wildman–Crippen LogP) is 0.958. The Morgan fingerprint density at radius 1 is 0.543 bits per heavy atom. The number of benzene rings is 2. The van der Waals surface area contributed by atoms with Crippen molar-refractivity contribution in [1.82, 2.24) is 14.7 Å². The quantitative estimate of drug-likeness (QED) is 0.228. The molecule has 0 aliphatic carbocycles. The monoisotopic (exact) mass is 489 g/mol. The molecule has 0 aromatic heterocycles. The molecular formula is C24H31N3O8. The largest absolute Gasteiger partial charge is 0.508 e. The van der Waals surface area contributed by atoms with Crippen LogP contribution < -0.4 is 0 Å². The second-order valence-corrected chi connectivity index (χ2v) is 8.14. The highest BCUT2D eigenvalue weighted by atomic mass is 16.4. The molecule has 35 heavy (non-hydrogen) atoms. The number of carboxylic acids is 3. The van der Waals surface area contributed by atoms with Gasteiger partial charge in [0, 0.05) is 50.4 Å². The average Bonchev–Trinajstić information content (AvgIpc) is 2.77. The van der Waals surface area contributed by atoms with E-state index < -0.39 is 17.9 Å². The Balaban J connectivity index is 2.05. The van der Waals surface area contributed by atoms with Gasteiger partial charge in [-0.2, -0.15) is 0 Å². The molecule has 0 spiro atoms. The van der Waals surface area contributed by atoms with Crippen molar-refractivity contribution >= 4 is 17.9 Å². The molecule has 0 heterocycles. The van der Waals surface area contributed by atoms with Gasteiger partial charge in [-0.3, -0.25) is 29.1 Å². The molecular weight excluding hydrogens is 458 g/mol. The number of phenolic OH excluding ortho intramolecular Hbond substituents is 2. The van der Waals surface area contributed by atoms with Gasteiger partial charge in [-0.25, -0.2) is 0 Å². The van der Waals surface area contributed by atoms with Crippen LogP contribution in [0.5, 0.6) is 11.5 Å². The molecule has 0 amide bonds. The zero-order valence-electron chi connectivity index (χ0n) is 19.3. The summed E-state index contributed by atoms with van der Waals surface area (Å²) in [6, 6.07) is 13.2. The maximum atomic E-state index is 11.4. The van der Waals surface area contributed by atoms with E-state index >= 15 is 0 Å². The van der Waals surface area contributed by atoms with Gasteiger partial charge in [-0.15, -0.1) is 0 Å². The Bertz CT molecular complexity index is 929. The summed E-state index contributed by atoms with van der Waals surface area (Å²) in [5.74, 6) is -3.10. The number of carbonyl (C=O) groups is 3. The SMILES string of the molecule is O=C(O)CN(CCN(CC(=O)O)Cc1ccccc1O)CCN(CC(=O)O)Cc1ccccc1O. The fourth-order valence-corrected chi connectivity index (χ4v) is 3.61. The summed E-state index contributed by atoms with van der Waals surface area (Å²) >= 11 is 0. The second-order valence-electron chi connectivity index (χ2n) is 8.14. The van der Waals surface area contributed by atoms with Crippen molar-refractivity contribution in [2.45, 2.75) is 13.1 Å². The summed E-state index contributed by atoms with van der Waals surface area (Å²) in [6.07, 6.45) is 0. The summed E-state index contributed by atoms with van der Waals surface area (Å²) in [4.78, 5) is 38.8. The Labute approximate surface area is 203 Å². The smallest absolute Gasteiger partial charge is 0.317 e. The number of para-hydroxylation sites is 2. The van der Waals surface area contributed by atoms with Crippen LogP contribution in [-0.4, -0.2) is 104 Å². The zero-order chi connectivity index (χ0) is 25.8. The van der Waals surface area contributed by atoms with Crippen molar-refractivity contribution in [3.8, 4) is 11.5 Å². The molecule has 0 fully saturated rings. The molecule has 11 heteroatoms. The van der Waals surface area contributed by atoms with Gasteiger partial charge >= 0.3 is 17.9 Å². The Morgan fingerprint density at radius 2 is 0.857 bits per heavy atom. The summed E-state index contributed by atoms with van der Waals surface area (Å²) in [5.41, 5.74) is 1.10. The van der Waals surface area contributed by atoms with Gasteiger partial charge in [-0.05, 0) is 12.1 Å². The molecule has 0 bridgehead atoms. The first-order valence-electron chi connectivity index (χ1n) is 11.0. The molecule has 0 unspecified atom stereocenters. The first-order valence-corrected chi connectivity index (χ1v) is 11.0. The number of aliphatic carboxylic acids is 3. The topological polar surface area (TPSA) is 162 Å². The van der Waals surface area contributed by atoms with E-state index in [0.717, 1.165) is 0 Å². The van der Waals surface area contributed by atoms with Gasteiger partial charge < -0.3 is 25.5 Å². The molecule has 5 N–H and O–H groups in total. The number of hydrogen-bond donors (Lipinski definition) is 5. The van der Waals surface area contributed by atoms with Crippen molar-refractivity contribution in [2.24, 2.45) is 0 Å². The fraction of sp³-hybridized carbons (Fsp3) is 0.375. The molecule has 2 aromatic rings. The summed E-state index contributed by atoms with van der Waals surface area (Å²) in [7, 11) is 0. The molecule has 0 atom stereocenters. The van der Waals surface area contributed by atoms with Crippen LogP contribution in [-0.2, 0) is 27.5 Å². The lowest BCUT2D eigenvalue weighted by Crippen LogP contribution is -2.43. The number of hydrogen-bond acceptors (Lipinski definition) is 8. The third kappa shape index (κ3) is 10.4. The second kappa shape index (κ2) is 13.9. The number of rotatable bonds is 16. The van der Waals surface area contributed by atoms with Crippen LogP contribution in [0.25, 0.3) is 0 Å². The van der Waals surface area contributed by atoms with Crippen LogP contribution in [0.1, 0.15) is 11.1 Å². The van der Waals surface area contributed by atoms with Crippen molar-refractivity contribution in [1.29, 1.82) is 0 Å². The normalized spacial score (nSPS) is 11.3. The molecule has 11 nitrogen and oxygen atoms in total. The minimum atomic E-state index is -1.07.